The van der Waals surface area contributed by atoms with E-state index in [9.17, 15) is 9.90 Å². The van der Waals surface area contributed by atoms with Crippen LogP contribution in [0, 0.1) is 5.41 Å². The Morgan fingerprint density at radius 3 is 2.54 bits per heavy atom. The maximum Gasteiger partial charge on any atom is 0.249 e. The Morgan fingerprint density at radius 2 is 2.15 bits per heavy atom. The van der Waals surface area contributed by atoms with E-state index in [0.29, 0.717) is 13.1 Å². The zero-order valence-electron chi connectivity index (χ0n) is 8.08. The third-order valence-electron chi connectivity index (χ3n) is 1.84. The number of nitrogens with two attached hydrogens (primary N) is 1. The molecular weight excluding hydrogens is 172 g/mol. The Bertz CT molecular complexity index is 171. The molecule has 0 aliphatic carbocycles. The number of hydrogen-bond acceptors (Lipinski definition) is 4. The minimum absolute atomic E-state index is 0.246. The van der Waals surface area contributed by atoms with Crippen LogP contribution in [0.5, 0.6) is 0 Å². The van der Waals surface area contributed by atoms with Crippen LogP contribution < -0.4 is 11.1 Å². The lowest BCUT2D eigenvalue weighted by Gasteiger charge is -2.26. The highest BCUT2D eigenvalue weighted by Crippen LogP contribution is 2.19. The average Bonchev–Trinajstić information content (AvgIpc) is 2.12. The summed E-state index contributed by atoms with van der Waals surface area (Å²) in [6.07, 6.45) is -1.20. The molecule has 5 heteroatoms. The summed E-state index contributed by atoms with van der Waals surface area (Å²) in [4.78, 5) is 11.2. The molecule has 13 heavy (non-hydrogen) atoms. The topological polar surface area (TPSA) is 95.6 Å². The van der Waals surface area contributed by atoms with Gasteiger partial charge in [-0.2, -0.15) is 0 Å². The fraction of sp³-hybridized carbons (Fsp3) is 0.875. The minimum atomic E-state index is -1.20. The summed E-state index contributed by atoms with van der Waals surface area (Å²) in [5, 5.41) is 20.8. The van der Waals surface area contributed by atoms with Gasteiger partial charge < -0.3 is 21.3 Å². The summed E-state index contributed by atoms with van der Waals surface area (Å²) >= 11 is 0. The Hall–Kier alpha value is -0.650. The van der Waals surface area contributed by atoms with Crippen molar-refractivity contribution in [2.24, 2.45) is 11.1 Å². The van der Waals surface area contributed by atoms with Crippen LogP contribution in [0.2, 0.25) is 0 Å². The molecule has 0 aromatic heterocycles. The molecule has 0 unspecified atom stereocenters. The largest absolute Gasteiger partial charge is 0.396 e. The number of carbonyl (C=O) groups excluding carboxylic acids is 1. The van der Waals surface area contributed by atoms with Gasteiger partial charge in [0.2, 0.25) is 5.91 Å². The monoisotopic (exact) mass is 190 g/mol. The third-order valence-corrected chi connectivity index (χ3v) is 1.84. The minimum Gasteiger partial charge on any atom is -0.396 e. The van der Waals surface area contributed by atoms with Crippen LogP contribution in [0.1, 0.15) is 13.8 Å². The fourth-order valence-electron chi connectivity index (χ4n) is 0.733. The molecule has 0 aliphatic heterocycles. The lowest BCUT2D eigenvalue weighted by molar-refractivity contribution is -0.137. The Morgan fingerprint density at radius 1 is 1.62 bits per heavy atom. The first-order valence-corrected chi connectivity index (χ1v) is 4.22. The van der Waals surface area contributed by atoms with Crippen LogP contribution >= 0.6 is 0 Å². The molecule has 0 aromatic carbocycles. The first kappa shape index (κ1) is 12.3. The second-order valence-corrected chi connectivity index (χ2v) is 3.63. The molecule has 0 saturated heterocycles. The van der Waals surface area contributed by atoms with E-state index in [-0.39, 0.29) is 6.61 Å². The predicted octanol–water partition coefficient (Wildman–Crippen LogP) is -1.56. The van der Waals surface area contributed by atoms with E-state index in [2.05, 4.69) is 5.32 Å². The zero-order chi connectivity index (χ0) is 10.5. The van der Waals surface area contributed by atoms with Crippen LogP contribution in [-0.2, 0) is 4.79 Å². The number of hydrogen-bond donors (Lipinski definition) is 4. The lowest BCUT2D eigenvalue weighted by Crippen LogP contribution is -2.46. The van der Waals surface area contributed by atoms with E-state index in [4.69, 9.17) is 10.8 Å². The van der Waals surface area contributed by atoms with E-state index >= 15 is 0 Å². The second kappa shape index (κ2) is 5.16. The molecule has 5 N–H and O–H groups in total. The molecule has 1 atom stereocenters. The maximum absolute atomic E-state index is 11.2. The summed E-state index contributed by atoms with van der Waals surface area (Å²) in [7, 11) is 0. The third kappa shape index (κ3) is 3.71. The maximum atomic E-state index is 11.2. The van der Waals surface area contributed by atoms with Gasteiger partial charge in [0.25, 0.3) is 0 Å². The molecular formula is C8H18N2O3. The van der Waals surface area contributed by atoms with Gasteiger partial charge in [0, 0.05) is 18.5 Å². The van der Waals surface area contributed by atoms with Gasteiger partial charge in [-0.15, -0.1) is 0 Å². The summed E-state index contributed by atoms with van der Waals surface area (Å²) in [5.74, 6) is -0.496. The lowest BCUT2D eigenvalue weighted by atomic mass is 9.87. The molecule has 78 valence electrons. The van der Waals surface area contributed by atoms with E-state index in [1.54, 1.807) is 13.8 Å². The van der Waals surface area contributed by atoms with Gasteiger partial charge in [-0.3, -0.25) is 4.79 Å². The van der Waals surface area contributed by atoms with E-state index in [1.165, 1.54) is 0 Å². The Labute approximate surface area is 77.9 Å². The van der Waals surface area contributed by atoms with Crippen molar-refractivity contribution in [3.05, 3.63) is 0 Å². The molecule has 0 radical (unpaired) electrons. The van der Waals surface area contributed by atoms with Crippen molar-refractivity contribution >= 4 is 5.91 Å². The first-order valence-electron chi connectivity index (χ1n) is 4.22. The average molecular weight is 190 g/mol. The van der Waals surface area contributed by atoms with Crippen LogP contribution in [0.3, 0.4) is 0 Å². The van der Waals surface area contributed by atoms with Crippen LogP contribution in [0.4, 0.5) is 0 Å². The normalized spacial score (nSPS) is 13.9. The van der Waals surface area contributed by atoms with Crippen LogP contribution in [0.25, 0.3) is 0 Å². The van der Waals surface area contributed by atoms with Gasteiger partial charge in [0.15, 0.2) is 0 Å². The van der Waals surface area contributed by atoms with Crippen molar-refractivity contribution in [2.75, 3.05) is 19.7 Å². The highest BCUT2D eigenvalue weighted by molar-refractivity contribution is 5.81. The van der Waals surface area contributed by atoms with Gasteiger partial charge in [-0.05, 0) is 0 Å². The zero-order valence-corrected chi connectivity index (χ0v) is 8.08. The quantitative estimate of drug-likeness (QED) is 0.421. The summed E-state index contributed by atoms with van der Waals surface area (Å²) < 4.78 is 0. The summed E-state index contributed by atoms with van der Waals surface area (Å²) in [6, 6.07) is 0. The highest BCUT2D eigenvalue weighted by Gasteiger charge is 2.32. The molecule has 0 rings (SSSR count). The number of rotatable bonds is 5. The number of aliphatic hydroxyl groups excluding tert-OH is 2. The first-order chi connectivity index (χ1) is 5.95. The van der Waals surface area contributed by atoms with Crippen LogP contribution in [-0.4, -0.2) is 41.9 Å². The van der Waals surface area contributed by atoms with Crippen molar-refractivity contribution in [3.63, 3.8) is 0 Å². The van der Waals surface area contributed by atoms with Crippen molar-refractivity contribution < 1.29 is 15.0 Å². The number of carbonyl (C=O) groups is 1. The molecule has 0 heterocycles. The van der Waals surface area contributed by atoms with Gasteiger partial charge in [-0.25, -0.2) is 0 Å². The van der Waals surface area contributed by atoms with Crippen molar-refractivity contribution in [2.45, 2.75) is 20.0 Å². The van der Waals surface area contributed by atoms with E-state index in [1.807, 2.05) is 0 Å². The molecule has 0 aromatic rings. The number of amides is 1. The molecule has 0 saturated carbocycles. The Balaban J connectivity index is 4.09. The van der Waals surface area contributed by atoms with Gasteiger partial charge in [-0.1, -0.05) is 13.8 Å². The number of nitrogens with one attached hydrogen (secondary N) is 1. The smallest absolute Gasteiger partial charge is 0.249 e. The van der Waals surface area contributed by atoms with Gasteiger partial charge >= 0.3 is 0 Å². The number of aliphatic hydroxyl groups is 2. The molecule has 0 spiro atoms. The molecule has 0 bridgehead atoms. The molecule has 0 fully saturated rings. The summed E-state index contributed by atoms with van der Waals surface area (Å²) in [6.45, 7) is 3.64. The fourth-order valence-corrected chi connectivity index (χ4v) is 0.733. The second-order valence-electron chi connectivity index (χ2n) is 3.63. The summed E-state index contributed by atoms with van der Waals surface area (Å²) in [5.41, 5.74) is 4.35. The molecule has 5 nitrogen and oxygen atoms in total. The van der Waals surface area contributed by atoms with E-state index < -0.39 is 17.4 Å². The SMILES string of the molecule is CC(C)(CO)[C@@H](O)C(=O)NCCN. The van der Waals surface area contributed by atoms with E-state index in [0.717, 1.165) is 0 Å². The van der Waals surface area contributed by atoms with Gasteiger partial charge in [0.05, 0.1) is 6.61 Å². The highest BCUT2D eigenvalue weighted by atomic mass is 16.3. The van der Waals surface area contributed by atoms with Crippen LogP contribution in [0.15, 0.2) is 0 Å². The molecule has 0 aliphatic rings. The molecule has 1 amide bonds. The van der Waals surface area contributed by atoms with Crippen molar-refractivity contribution in [1.82, 2.24) is 5.32 Å². The van der Waals surface area contributed by atoms with Gasteiger partial charge in [0.1, 0.15) is 6.10 Å². The Kier molecular flexibility index (Phi) is 4.90. The standard InChI is InChI=1S/C8H18N2O3/c1-8(2,5-11)6(12)7(13)10-4-3-9/h6,11-12H,3-5,9H2,1-2H3,(H,10,13)/t6-/m0/s1. The van der Waals surface area contributed by atoms with Crippen molar-refractivity contribution in [3.8, 4) is 0 Å². The van der Waals surface area contributed by atoms with Crippen molar-refractivity contribution in [1.29, 1.82) is 0 Å². The predicted molar refractivity (Wildman–Crippen MR) is 48.9 cm³/mol.